The summed E-state index contributed by atoms with van der Waals surface area (Å²) in [7, 11) is 0. The SMILES string of the molecule is CSc1ccc(C(Br)c2ccc(C)cc2)cc1. The maximum Gasteiger partial charge on any atom is 0.0644 e. The Morgan fingerprint density at radius 3 is 1.82 bits per heavy atom. The fourth-order valence-corrected chi connectivity index (χ4v) is 2.72. The predicted molar refractivity (Wildman–Crippen MR) is 80.2 cm³/mol. The maximum absolute atomic E-state index is 3.76. The Balaban J connectivity index is 2.23. The highest BCUT2D eigenvalue weighted by Crippen LogP contribution is 2.31. The molecule has 0 spiro atoms. The third-order valence-electron chi connectivity index (χ3n) is 2.78. The Hall–Kier alpha value is -0.730. The van der Waals surface area contributed by atoms with Gasteiger partial charge in [-0.1, -0.05) is 57.9 Å². The zero-order valence-corrected chi connectivity index (χ0v) is 12.4. The third-order valence-corrected chi connectivity index (χ3v) is 4.58. The predicted octanol–water partition coefficient (Wildman–Crippen LogP) is 5.20. The van der Waals surface area contributed by atoms with E-state index in [1.807, 2.05) is 0 Å². The number of alkyl halides is 1. The van der Waals surface area contributed by atoms with Crippen LogP contribution in [0.3, 0.4) is 0 Å². The Morgan fingerprint density at radius 2 is 1.35 bits per heavy atom. The number of halogens is 1. The van der Waals surface area contributed by atoms with E-state index in [0.29, 0.717) is 0 Å². The first-order valence-corrected chi connectivity index (χ1v) is 7.69. The number of benzene rings is 2. The molecule has 1 unspecified atom stereocenters. The molecule has 17 heavy (non-hydrogen) atoms. The lowest BCUT2D eigenvalue weighted by Gasteiger charge is -2.11. The summed E-state index contributed by atoms with van der Waals surface area (Å²) < 4.78 is 0. The first-order chi connectivity index (χ1) is 8.20. The average molecular weight is 307 g/mol. The lowest BCUT2D eigenvalue weighted by atomic mass is 10.0. The minimum Gasteiger partial charge on any atom is -0.130 e. The van der Waals surface area contributed by atoms with Crippen LogP contribution in [0.4, 0.5) is 0 Å². The molecule has 0 heterocycles. The van der Waals surface area contributed by atoms with E-state index in [9.17, 15) is 0 Å². The van der Waals surface area contributed by atoms with Gasteiger partial charge in [0, 0.05) is 4.90 Å². The van der Waals surface area contributed by atoms with Crippen molar-refractivity contribution >= 4 is 27.7 Å². The molecule has 1 atom stereocenters. The number of hydrogen-bond donors (Lipinski definition) is 0. The summed E-state index contributed by atoms with van der Waals surface area (Å²) >= 11 is 5.53. The van der Waals surface area contributed by atoms with Crippen molar-refractivity contribution in [1.82, 2.24) is 0 Å². The van der Waals surface area contributed by atoms with Gasteiger partial charge in [-0.05, 0) is 36.4 Å². The molecule has 2 heteroatoms. The van der Waals surface area contributed by atoms with Crippen molar-refractivity contribution in [1.29, 1.82) is 0 Å². The first-order valence-electron chi connectivity index (χ1n) is 5.55. The van der Waals surface area contributed by atoms with Gasteiger partial charge in [-0.25, -0.2) is 0 Å². The highest BCUT2D eigenvalue weighted by Gasteiger charge is 2.09. The van der Waals surface area contributed by atoms with Gasteiger partial charge >= 0.3 is 0 Å². The summed E-state index contributed by atoms with van der Waals surface area (Å²) in [6.07, 6.45) is 2.10. The smallest absolute Gasteiger partial charge is 0.0644 e. The van der Waals surface area contributed by atoms with Crippen molar-refractivity contribution in [3.05, 3.63) is 65.2 Å². The third kappa shape index (κ3) is 3.14. The van der Waals surface area contributed by atoms with Gasteiger partial charge in [-0.2, -0.15) is 0 Å². The largest absolute Gasteiger partial charge is 0.130 e. The minimum atomic E-state index is 0.277. The van der Waals surface area contributed by atoms with Crippen molar-refractivity contribution in [3.8, 4) is 0 Å². The molecule has 2 rings (SSSR count). The molecule has 0 N–H and O–H groups in total. The standard InChI is InChI=1S/C15H15BrS/c1-11-3-5-12(6-4-11)15(16)13-7-9-14(17-2)10-8-13/h3-10,15H,1-2H3. The first kappa shape index (κ1) is 12.7. The van der Waals surface area contributed by atoms with Crippen LogP contribution in [0.5, 0.6) is 0 Å². The van der Waals surface area contributed by atoms with Crippen LogP contribution in [0.15, 0.2) is 53.4 Å². The molecule has 0 radical (unpaired) electrons. The van der Waals surface area contributed by atoms with Gasteiger partial charge in [0.15, 0.2) is 0 Å². The van der Waals surface area contributed by atoms with Gasteiger partial charge < -0.3 is 0 Å². The molecule has 2 aromatic rings. The van der Waals surface area contributed by atoms with E-state index in [4.69, 9.17) is 0 Å². The Bertz CT molecular complexity index is 473. The monoisotopic (exact) mass is 306 g/mol. The Kier molecular flexibility index (Phi) is 4.30. The molecule has 0 amide bonds. The lowest BCUT2D eigenvalue weighted by Crippen LogP contribution is -1.92. The van der Waals surface area contributed by atoms with Crippen LogP contribution in [-0.4, -0.2) is 6.26 Å². The number of hydrogen-bond acceptors (Lipinski definition) is 1. The van der Waals surface area contributed by atoms with Crippen molar-refractivity contribution < 1.29 is 0 Å². The molecule has 0 aliphatic rings. The van der Waals surface area contributed by atoms with Crippen molar-refractivity contribution in [2.45, 2.75) is 16.6 Å². The van der Waals surface area contributed by atoms with E-state index in [0.717, 1.165) is 0 Å². The molecule has 2 aromatic carbocycles. The summed E-state index contributed by atoms with van der Waals surface area (Å²) in [5.41, 5.74) is 3.89. The van der Waals surface area contributed by atoms with Crippen LogP contribution in [0, 0.1) is 6.92 Å². The van der Waals surface area contributed by atoms with E-state index in [2.05, 4.69) is 77.6 Å². The Labute approximate surface area is 116 Å². The van der Waals surface area contributed by atoms with Crippen LogP contribution in [-0.2, 0) is 0 Å². The number of aryl methyl sites for hydroxylation is 1. The van der Waals surface area contributed by atoms with E-state index < -0.39 is 0 Å². The average Bonchev–Trinajstić information content (AvgIpc) is 2.39. The molecule has 0 nitrogen and oxygen atoms in total. The van der Waals surface area contributed by atoms with Crippen LogP contribution in [0.2, 0.25) is 0 Å². The zero-order valence-electron chi connectivity index (χ0n) is 9.98. The number of rotatable bonds is 3. The van der Waals surface area contributed by atoms with E-state index in [1.54, 1.807) is 11.8 Å². The maximum atomic E-state index is 3.76. The molecule has 0 saturated carbocycles. The second kappa shape index (κ2) is 5.74. The summed E-state index contributed by atoms with van der Waals surface area (Å²) in [6, 6.07) is 17.4. The van der Waals surface area contributed by atoms with E-state index in [-0.39, 0.29) is 4.83 Å². The fraction of sp³-hybridized carbons (Fsp3) is 0.200. The number of thioether (sulfide) groups is 1. The molecular weight excluding hydrogens is 292 g/mol. The van der Waals surface area contributed by atoms with Gasteiger partial charge in [0.05, 0.1) is 4.83 Å². The molecule has 0 fully saturated rings. The van der Waals surface area contributed by atoms with E-state index >= 15 is 0 Å². The Morgan fingerprint density at radius 1 is 0.882 bits per heavy atom. The molecular formula is C15H15BrS. The summed E-state index contributed by atoms with van der Waals surface area (Å²) in [4.78, 5) is 1.58. The van der Waals surface area contributed by atoms with E-state index in [1.165, 1.54) is 21.6 Å². The highest BCUT2D eigenvalue weighted by molar-refractivity contribution is 9.09. The fourth-order valence-electron chi connectivity index (χ4n) is 1.70. The van der Waals surface area contributed by atoms with Gasteiger partial charge in [-0.3, -0.25) is 0 Å². The van der Waals surface area contributed by atoms with Crippen molar-refractivity contribution in [2.75, 3.05) is 6.26 Å². The van der Waals surface area contributed by atoms with Crippen LogP contribution >= 0.6 is 27.7 Å². The molecule has 0 aromatic heterocycles. The molecule has 0 aliphatic heterocycles. The molecule has 0 aliphatic carbocycles. The molecule has 88 valence electrons. The molecule has 0 bridgehead atoms. The van der Waals surface area contributed by atoms with Crippen molar-refractivity contribution in [2.24, 2.45) is 0 Å². The minimum absolute atomic E-state index is 0.277. The lowest BCUT2D eigenvalue weighted by molar-refractivity contribution is 1.16. The highest BCUT2D eigenvalue weighted by atomic mass is 79.9. The summed E-state index contributed by atoms with van der Waals surface area (Å²) in [6.45, 7) is 2.11. The topological polar surface area (TPSA) is 0 Å². The second-order valence-electron chi connectivity index (χ2n) is 4.05. The second-order valence-corrected chi connectivity index (χ2v) is 5.84. The normalized spacial score (nSPS) is 12.4. The quantitative estimate of drug-likeness (QED) is 0.554. The van der Waals surface area contributed by atoms with Gasteiger partial charge in [0.2, 0.25) is 0 Å². The van der Waals surface area contributed by atoms with Gasteiger partial charge in [-0.15, -0.1) is 11.8 Å². The summed E-state index contributed by atoms with van der Waals surface area (Å²) in [5.74, 6) is 0. The molecule has 0 saturated heterocycles. The van der Waals surface area contributed by atoms with Gasteiger partial charge in [0.25, 0.3) is 0 Å². The van der Waals surface area contributed by atoms with Crippen LogP contribution in [0.1, 0.15) is 21.5 Å². The summed E-state index contributed by atoms with van der Waals surface area (Å²) in [5, 5.41) is 0. The zero-order chi connectivity index (χ0) is 12.3. The van der Waals surface area contributed by atoms with Crippen LogP contribution < -0.4 is 0 Å². The van der Waals surface area contributed by atoms with Crippen molar-refractivity contribution in [3.63, 3.8) is 0 Å². The van der Waals surface area contributed by atoms with Gasteiger partial charge in [0.1, 0.15) is 0 Å². The van der Waals surface area contributed by atoms with Crippen LogP contribution in [0.25, 0.3) is 0 Å².